The van der Waals surface area contributed by atoms with Gasteiger partial charge >= 0.3 is 0 Å². The van der Waals surface area contributed by atoms with Gasteiger partial charge in [-0.05, 0) is 55.9 Å². The van der Waals surface area contributed by atoms with Crippen molar-refractivity contribution in [2.75, 3.05) is 18.0 Å². The van der Waals surface area contributed by atoms with Crippen LogP contribution in [0.4, 0.5) is 5.69 Å². The number of guanidine groups is 1. The molecule has 1 amide bonds. The molecule has 6 heteroatoms. The number of hydrogen-bond donors (Lipinski definition) is 1. The van der Waals surface area contributed by atoms with Crippen molar-refractivity contribution in [3.05, 3.63) is 29.8 Å². The second-order valence-electron chi connectivity index (χ2n) is 7.86. The molecule has 2 N–H and O–H groups in total. The van der Waals surface area contributed by atoms with Gasteiger partial charge in [0.15, 0.2) is 6.19 Å². The van der Waals surface area contributed by atoms with Gasteiger partial charge in [-0.25, -0.2) is 9.89 Å². The minimum atomic E-state index is -0.0452. The average Bonchev–Trinajstić information content (AvgIpc) is 2.62. The van der Waals surface area contributed by atoms with Gasteiger partial charge in [-0.2, -0.15) is 5.26 Å². The first-order chi connectivity index (χ1) is 12.2. The standard InChI is InChI=1S/C20H29N5O/c1-15(20(2,3)4)23-19(22)25(14-21)17-10-8-16(9-11-17)18(26)24-12-6-5-7-13-24/h8-11,15H,5-7,12-13H2,1-4H3,(H2,22,23). The first-order valence-electron chi connectivity index (χ1n) is 9.16. The van der Waals surface area contributed by atoms with E-state index < -0.39 is 0 Å². The number of anilines is 1. The molecule has 2 rings (SSSR count). The molecule has 0 spiro atoms. The van der Waals surface area contributed by atoms with E-state index in [0.29, 0.717) is 11.3 Å². The summed E-state index contributed by atoms with van der Waals surface area (Å²) in [5.74, 6) is 0.202. The predicted octanol–water partition coefficient (Wildman–Crippen LogP) is 3.35. The van der Waals surface area contributed by atoms with Crippen LogP contribution in [0.25, 0.3) is 0 Å². The highest BCUT2D eigenvalue weighted by Gasteiger charge is 2.22. The molecule has 1 atom stereocenters. The molecule has 0 bridgehead atoms. The van der Waals surface area contributed by atoms with Crippen molar-refractivity contribution < 1.29 is 4.79 Å². The van der Waals surface area contributed by atoms with E-state index in [9.17, 15) is 10.1 Å². The summed E-state index contributed by atoms with van der Waals surface area (Å²) in [6.07, 6.45) is 5.38. The fraction of sp³-hybridized carbons (Fsp3) is 0.550. The van der Waals surface area contributed by atoms with Crippen LogP contribution in [-0.4, -0.2) is 35.9 Å². The maximum absolute atomic E-state index is 12.5. The fourth-order valence-corrected chi connectivity index (χ4v) is 2.72. The fourth-order valence-electron chi connectivity index (χ4n) is 2.72. The molecule has 140 valence electrons. The number of hydrogen-bond acceptors (Lipinski definition) is 3. The topological polar surface area (TPSA) is 85.7 Å². The molecule has 1 saturated heterocycles. The van der Waals surface area contributed by atoms with Gasteiger partial charge in [-0.15, -0.1) is 0 Å². The van der Waals surface area contributed by atoms with Crippen LogP contribution in [0.15, 0.2) is 29.3 Å². The number of carbonyl (C=O) groups is 1. The van der Waals surface area contributed by atoms with Crippen LogP contribution in [0.2, 0.25) is 0 Å². The molecule has 1 heterocycles. The smallest absolute Gasteiger partial charge is 0.253 e. The lowest BCUT2D eigenvalue weighted by Crippen LogP contribution is -2.37. The SMILES string of the molecule is CC(N=C(N)N(C#N)c1ccc(C(=O)N2CCCCC2)cc1)C(C)(C)C. The molecule has 1 unspecified atom stereocenters. The molecular weight excluding hydrogens is 326 g/mol. The lowest BCUT2D eigenvalue weighted by molar-refractivity contribution is 0.0724. The third-order valence-electron chi connectivity index (χ3n) is 4.92. The van der Waals surface area contributed by atoms with E-state index in [1.54, 1.807) is 24.3 Å². The Hall–Kier alpha value is -2.55. The largest absolute Gasteiger partial charge is 0.369 e. The monoisotopic (exact) mass is 355 g/mol. The van der Waals surface area contributed by atoms with Crippen molar-refractivity contribution >= 4 is 17.6 Å². The molecule has 1 aromatic carbocycles. The second-order valence-corrected chi connectivity index (χ2v) is 7.86. The number of nitriles is 1. The number of carbonyl (C=O) groups excluding carboxylic acids is 1. The van der Waals surface area contributed by atoms with Crippen LogP contribution in [0, 0.1) is 16.9 Å². The van der Waals surface area contributed by atoms with Gasteiger partial charge in [-0.1, -0.05) is 20.8 Å². The Bertz CT molecular complexity index is 690. The zero-order valence-electron chi connectivity index (χ0n) is 16.2. The van der Waals surface area contributed by atoms with E-state index in [-0.39, 0.29) is 23.3 Å². The van der Waals surface area contributed by atoms with Crippen LogP contribution >= 0.6 is 0 Å². The Labute approximate surface area is 156 Å². The van der Waals surface area contributed by atoms with E-state index in [2.05, 4.69) is 32.0 Å². The first kappa shape index (κ1) is 19.8. The summed E-state index contributed by atoms with van der Waals surface area (Å²) in [7, 11) is 0. The van der Waals surface area contributed by atoms with Crippen LogP contribution in [0.3, 0.4) is 0 Å². The van der Waals surface area contributed by atoms with Gasteiger partial charge in [0.05, 0.1) is 11.7 Å². The lowest BCUT2D eigenvalue weighted by Gasteiger charge is -2.27. The van der Waals surface area contributed by atoms with Crippen LogP contribution in [0.1, 0.15) is 57.3 Å². The Morgan fingerprint density at radius 2 is 1.81 bits per heavy atom. The van der Waals surface area contributed by atoms with E-state index in [1.807, 2.05) is 11.8 Å². The van der Waals surface area contributed by atoms with E-state index in [1.165, 1.54) is 11.3 Å². The van der Waals surface area contributed by atoms with Crippen molar-refractivity contribution in [1.29, 1.82) is 5.26 Å². The maximum atomic E-state index is 12.5. The first-order valence-corrected chi connectivity index (χ1v) is 9.16. The third kappa shape index (κ3) is 4.75. The molecule has 1 aliphatic rings. The van der Waals surface area contributed by atoms with E-state index in [4.69, 9.17) is 5.73 Å². The number of benzene rings is 1. The summed E-state index contributed by atoms with van der Waals surface area (Å²) in [4.78, 5) is 20.2. The number of rotatable bonds is 3. The van der Waals surface area contributed by atoms with Crippen molar-refractivity contribution in [3.63, 3.8) is 0 Å². The van der Waals surface area contributed by atoms with Crippen LogP contribution < -0.4 is 10.6 Å². The zero-order chi connectivity index (χ0) is 19.3. The number of aliphatic imine (C=N–C) groups is 1. The number of likely N-dealkylation sites (tertiary alicyclic amines) is 1. The molecule has 26 heavy (non-hydrogen) atoms. The molecule has 1 aliphatic heterocycles. The molecule has 0 radical (unpaired) electrons. The summed E-state index contributed by atoms with van der Waals surface area (Å²) >= 11 is 0. The Morgan fingerprint density at radius 1 is 1.23 bits per heavy atom. The minimum absolute atomic E-state index is 0.0293. The highest BCUT2D eigenvalue weighted by Crippen LogP contribution is 2.23. The number of nitrogens with zero attached hydrogens (tertiary/aromatic N) is 4. The van der Waals surface area contributed by atoms with Crippen molar-refractivity contribution in [3.8, 4) is 6.19 Å². The Morgan fingerprint density at radius 3 is 2.31 bits per heavy atom. The van der Waals surface area contributed by atoms with E-state index in [0.717, 1.165) is 25.9 Å². The normalized spacial score (nSPS) is 16.7. The summed E-state index contributed by atoms with van der Waals surface area (Å²) < 4.78 is 0. The highest BCUT2D eigenvalue weighted by atomic mass is 16.2. The van der Waals surface area contributed by atoms with Crippen molar-refractivity contribution in [1.82, 2.24) is 4.90 Å². The zero-order valence-corrected chi connectivity index (χ0v) is 16.2. The van der Waals surface area contributed by atoms with E-state index >= 15 is 0 Å². The van der Waals surface area contributed by atoms with Crippen LogP contribution in [-0.2, 0) is 0 Å². The van der Waals surface area contributed by atoms with Gasteiger partial charge < -0.3 is 10.6 Å². The van der Waals surface area contributed by atoms with Crippen LogP contribution in [0.5, 0.6) is 0 Å². The molecule has 6 nitrogen and oxygen atoms in total. The molecule has 1 aromatic rings. The van der Waals surface area contributed by atoms with Gasteiger partial charge in [-0.3, -0.25) is 4.79 Å². The number of piperidine rings is 1. The van der Waals surface area contributed by atoms with Gasteiger partial charge in [0, 0.05) is 18.7 Å². The van der Waals surface area contributed by atoms with Crippen molar-refractivity contribution in [2.24, 2.45) is 16.1 Å². The second kappa shape index (κ2) is 8.22. The summed E-state index contributed by atoms with van der Waals surface area (Å²) in [5, 5.41) is 9.49. The summed E-state index contributed by atoms with van der Waals surface area (Å²) in [5.41, 5.74) is 7.24. The lowest BCUT2D eigenvalue weighted by atomic mass is 9.88. The molecule has 0 saturated carbocycles. The van der Waals surface area contributed by atoms with Gasteiger partial charge in [0.25, 0.3) is 5.91 Å². The van der Waals surface area contributed by atoms with Gasteiger partial charge in [0.2, 0.25) is 5.96 Å². The summed E-state index contributed by atoms with van der Waals surface area (Å²) in [6, 6.07) is 6.95. The minimum Gasteiger partial charge on any atom is -0.369 e. The van der Waals surface area contributed by atoms with Gasteiger partial charge in [0.1, 0.15) is 0 Å². The summed E-state index contributed by atoms with van der Waals surface area (Å²) in [6.45, 7) is 9.83. The highest BCUT2D eigenvalue weighted by molar-refractivity contribution is 5.99. The quantitative estimate of drug-likeness (QED) is 0.390. The Balaban J connectivity index is 2.16. The third-order valence-corrected chi connectivity index (χ3v) is 4.92. The predicted molar refractivity (Wildman–Crippen MR) is 105 cm³/mol. The molecule has 1 fully saturated rings. The number of amides is 1. The van der Waals surface area contributed by atoms with Crippen molar-refractivity contribution in [2.45, 2.75) is 53.0 Å². The molecular formula is C20H29N5O. The molecule has 0 aliphatic carbocycles. The average molecular weight is 355 g/mol. The molecule has 0 aromatic heterocycles. The number of nitrogens with two attached hydrogens (primary N) is 1. The Kier molecular flexibility index (Phi) is 6.25. The maximum Gasteiger partial charge on any atom is 0.253 e.